The lowest BCUT2D eigenvalue weighted by molar-refractivity contribution is -0.116. The summed E-state index contributed by atoms with van der Waals surface area (Å²) >= 11 is 0. The Kier molecular flexibility index (Phi) is 4.54. The van der Waals surface area contributed by atoms with Crippen molar-refractivity contribution in [1.82, 2.24) is 15.0 Å². The Morgan fingerprint density at radius 2 is 1.95 bits per heavy atom. The van der Waals surface area contributed by atoms with E-state index in [1.54, 1.807) is 4.90 Å². The van der Waals surface area contributed by atoms with Crippen molar-refractivity contribution in [2.24, 2.45) is 5.73 Å². The number of carbonyl (C=O) groups excluding carboxylic acids is 1. The number of hydrogen-bond acceptors (Lipinski definition) is 7. The zero-order valence-corrected chi connectivity index (χ0v) is 11.7. The van der Waals surface area contributed by atoms with Crippen molar-refractivity contribution >= 4 is 23.8 Å². The Balaban J connectivity index is 2.24. The van der Waals surface area contributed by atoms with Gasteiger partial charge in [0, 0.05) is 19.6 Å². The van der Waals surface area contributed by atoms with Crippen LogP contribution in [-0.4, -0.2) is 47.0 Å². The fraction of sp³-hybridized carbons (Fsp3) is 0.667. The molecule has 1 aromatic heterocycles. The quantitative estimate of drug-likeness (QED) is 0.764. The number of nitrogens with two attached hydrogens (primary N) is 2. The minimum absolute atomic E-state index is 0.0688. The summed E-state index contributed by atoms with van der Waals surface area (Å²) in [4.78, 5) is 27.6. The largest absolute Gasteiger partial charge is 0.368 e. The molecule has 0 aliphatic carbocycles. The van der Waals surface area contributed by atoms with E-state index < -0.39 is 5.91 Å². The Bertz CT molecular complexity index is 473. The molecular weight excluding hydrogens is 258 g/mol. The molecule has 1 aliphatic heterocycles. The minimum atomic E-state index is -0.426. The maximum Gasteiger partial charge on any atom is 0.237 e. The molecule has 1 fully saturated rings. The lowest BCUT2D eigenvalue weighted by Crippen LogP contribution is -2.36. The second-order valence-electron chi connectivity index (χ2n) is 4.82. The molecule has 1 saturated heterocycles. The van der Waals surface area contributed by atoms with Crippen molar-refractivity contribution in [1.29, 1.82) is 0 Å². The van der Waals surface area contributed by atoms with Gasteiger partial charge < -0.3 is 21.3 Å². The van der Waals surface area contributed by atoms with Gasteiger partial charge in [-0.2, -0.15) is 15.0 Å². The van der Waals surface area contributed by atoms with E-state index in [0.29, 0.717) is 18.4 Å². The van der Waals surface area contributed by atoms with Crippen molar-refractivity contribution in [3.8, 4) is 0 Å². The van der Waals surface area contributed by atoms with Gasteiger partial charge >= 0.3 is 0 Å². The van der Waals surface area contributed by atoms with Gasteiger partial charge in [-0.1, -0.05) is 0 Å². The summed E-state index contributed by atoms with van der Waals surface area (Å²) < 4.78 is 0. The highest BCUT2D eigenvalue weighted by atomic mass is 16.1. The van der Waals surface area contributed by atoms with Crippen molar-refractivity contribution in [2.45, 2.75) is 26.2 Å². The molecule has 0 saturated carbocycles. The number of aromatic nitrogens is 3. The van der Waals surface area contributed by atoms with Crippen LogP contribution in [0.15, 0.2) is 0 Å². The van der Waals surface area contributed by atoms with Crippen molar-refractivity contribution in [3.05, 3.63) is 0 Å². The van der Waals surface area contributed by atoms with Crippen LogP contribution in [0.3, 0.4) is 0 Å². The first-order valence-corrected chi connectivity index (χ1v) is 6.90. The first-order chi connectivity index (χ1) is 9.60. The lowest BCUT2D eigenvalue weighted by atomic mass is 10.1. The summed E-state index contributed by atoms with van der Waals surface area (Å²) in [5.41, 5.74) is 11.0. The summed E-state index contributed by atoms with van der Waals surface area (Å²) in [5.74, 6) is 0.721. The number of nitrogen functional groups attached to an aromatic ring is 1. The predicted molar refractivity (Wildman–Crippen MR) is 77.4 cm³/mol. The molecule has 1 aliphatic rings. The zero-order chi connectivity index (χ0) is 14.5. The summed E-state index contributed by atoms with van der Waals surface area (Å²) in [5, 5.41) is 0. The zero-order valence-electron chi connectivity index (χ0n) is 11.7. The van der Waals surface area contributed by atoms with Gasteiger partial charge in [0.1, 0.15) is 0 Å². The van der Waals surface area contributed by atoms with Crippen LogP contribution >= 0.6 is 0 Å². The molecule has 0 aromatic carbocycles. The number of likely N-dealkylation sites (N-methyl/N-ethyl adjacent to an activating group) is 1. The van der Waals surface area contributed by atoms with E-state index in [0.717, 1.165) is 25.9 Å². The average molecular weight is 279 g/mol. The van der Waals surface area contributed by atoms with Gasteiger partial charge in [-0.3, -0.25) is 4.79 Å². The molecule has 20 heavy (non-hydrogen) atoms. The number of anilines is 3. The second-order valence-corrected chi connectivity index (χ2v) is 4.82. The Hall–Kier alpha value is -2.12. The number of primary amides is 1. The summed E-state index contributed by atoms with van der Waals surface area (Å²) in [7, 11) is 0. The molecule has 4 N–H and O–H groups in total. The first kappa shape index (κ1) is 14.3. The van der Waals surface area contributed by atoms with Gasteiger partial charge in [-0.05, 0) is 26.2 Å². The smallest absolute Gasteiger partial charge is 0.237 e. The van der Waals surface area contributed by atoms with Gasteiger partial charge in [0.05, 0.1) is 6.54 Å². The van der Waals surface area contributed by atoms with Gasteiger partial charge in [0.25, 0.3) is 0 Å². The molecule has 8 nitrogen and oxygen atoms in total. The molecule has 0 unspecified atom stereocenters. The highest BCUT2D eigenvalue weighted by Gasteiger charge is 2.18. The SMILES string of the molecule is CCN(CC(N)=O)c1nc(N)nc(N2CCCCC2)n1. The van der Waals surface area contributed by atoms with E-state index in [9.17, 15) is 4.79 Å². The minimum Gasteiger partial charge on any atom is -0.368 e. The van der Waals surface area contributed by atoms with E-state index in [1.807, 2.05) is 6.92 Å². The fourth-order valence-electron chi connectivity index (χ4n) is 2.26. The number of piperidine rings is 1. The third-order valence-electron chi connectivity index (χ3n) is 3.28. The molecule has 0 bridgehead atoms. The Morgan fingerprint density at radius 1 is 1.25 bits per heavy atom. The number of rotatable bonds is 5. The maximum atomic E-state index is 11.1. The van der Waals surface area contributed by atoms with Gasteiger partial charge in [0.2, 0.25) is 23.8 Å². The Labute approximate surface area is 118 Å². The molecule has 0 radical (unpaired) electrons. The maximum absolute atomic E-state index is 11.1. The van der Waals surface area contributed by atoms with Gasteiger partial charge in [-0.25, -0.2) is 0 Å². The van der Waals surface area contributed by atoms with Gasteiger partial charge in [0.15, 0.2) is 0 Å². The molecular formula is C12H21N7O. The van der Waals surface area contributed by atoms with Crippen LogP contribution in [0, 0.1) is 0 Å². The molecule has 2 rings (SSSR count). The Morgan fingerprint density at radius 3 is 2.55 bits per heavy atom. The van der Waals surface area contributed by atoms with Crippen LogP contribution in [0.2, 0.25) is 0 Å². The number of nitrogens with zero attached hydrogens (tertiary/aromatic N) is 5. The van der Waals surface area contributed by atoms with Crippen LogP contribution in [0.25, 0.3) is 0 Å². The van der Waals surface area contributed by atoms with E-state index in [2.05, 4.69) is 19.9 Å². The van der Waals surface area contributed by atoms with Gasteiger partial charge in [-0.15, -0.1) is 0 Å². The first-order valence-electron chi connectivity index (χ1n) is 6.90. The average Bonchev–Trinajstić information content (AvgIpc) is 2.45. The normalized spacial score (nSPS) is 15.2. The van der Waals surface area contributed by atoms with Crippen molar-refractivity contribution in [2.75, 3.05) is 41.7 Å². The second kappa shape index (κ2) is 6.36. The van der Waals surface area contributed by atoms with Crippen LogP contribution in [0.1, 0.15) is 26.2 Å². The predicted octanol–water partition coefficient (Wildman–Crippen LogP) is -0.244. The van der Waals surface area contributed by atoms with Crippen LogP contribution in [0.5, 0.6) is 0 Å². The third kappa shape index (κ3) is 3.46. The monoisotopic (exact) mass is 279 g/mol. The molecule has 8 heteroatoms. The standard InChI is InChI=1S/C12H21N7O/c1-2-18(8-9(13)20)11-15-10(14)16-12(17-11)19-6-4-3-5-7-19/h2-8H2,1H3,(H2,13,20)(H2,14,15,16,17). The number of hydrogen-bond donors (Lipinski definition) is 2. The third-order valence-corrected chi connectivity index (χ3v) is 3.28. The highest BCUT2D eigenvalue weighted by Crippen LogP contribution is 2.19. The fourth-order valence-corrected chi connectivity index (χ4v) is 2.26. The molecule has 0 atom stereocenters. The summed E-state index contributed by atoms with van der Waals surface area (Å²) in [6.07, 6.45) is 3.48. The van der Waals surface area contributed by atoms with Crippen molar-refractivity contribution < 1.29 is 4.79 Å². The van der Waals surface area contributed by atoms with E-state index in [1.165, 1.54) is 6.42 Å². The molecule has 110 valence electrons. The summed E-state index contributed by atoms with van der Waals surface area (Å²) in [6.45, 7) is 4.39. The van der Waals surface area contributed by atoms with E-state index >= 15 is 0 Å². The number of amides is 1. The van der Waals surface area contributed by atoms with Crippen LogP contribution in [-0.2, 0) is 4.79 Å². The molecule has 1 aromatic rings. The highest BCUT2D eigenvalue weighted by molar-refractivity contribution is 5.78. The summed E-state index contributed by atoms with van der Waals surface area (Å²) in [6, 6.07) is 0. The van der Waals surface area contributed by atoms with E-state index in [-0.39, 0.29) is 12.5 Å². The molecule has 1 amide bonds. The topological polar surface area (TPSA) is 114 Å². The van der Waals surface area contributed by atoms with Crippen LogP contribution < -0.4 is 21.3 Å². The number of carbonyl (C=O) groups is 1. The van der Waals surface area contributed by atoms with Crippen molar-refractivity contribution in [3.63, 3.8) is 0 Å². The lowest BCUT2D eigenvalue weighted by Gasteiger charge is -2.27. The molecule has 0 spiro atoms. The molecule has 2 heterocycles. The van der Waals surface area contributed by atoms with E-state index in [4.69, 9.17) is 11.5 Å². The van der Waals surface area contributed by atoms with Crippen LogP contribution in [0.4, 0.5) is 17.8 Å².